The SMILES string of the molecule is CCN(CCCO)C(=O)c1sc2cc(C)ccc2c1N. The Morgan fingerprint density at radius 2 is 2.20 bits per heavy atom. The first-order valence-corrected chi connectivity index (χ1v) is 7.58. The van der Waals surface area contributed by atoms with Crippen LogP contribution in [0.4, 0.5) is 5.69 Å². The number of nitrogen functional groups attached to an aromatic ring is 1. The maximum Gasteiger partial charge on any atom is 0.266 e. The van der Waals surface area contributed by atoms with Gasteiger partial charge < -0.3 is 15.7 Å². The number of hydrogen-bond acceptors (Lipinski definition) is 4. The molecule has 1 aromatic heterocycles. The number of carbonyl (C=O) groups is 1. The molecule has 0 fully saturated rings. The highest BCUT2D eigenvalue weighted by Crippen LogP contribution is 2.34. The molecular formula is C15H20N2O2S. The van der Waals surface area contributed by atoms with Crippen molar-refractivity contribution < 1.29 is 9.90 Å². The van der Waals surface area contributed by atoms with Crippen molar-refractivity contribution in [3.05, 3.63) is 28.6 Å². The second kappa shape index (κ2) is 6.24. The van der Waals surface area contributed by atoms with E-state index in [9.17, 15) is 4.79 Å². The summed E-state index contributed by atoms with van der Waals surface area (Å²) in [4.78, 5) is 14.9. The first kappa shape index (κ1) is 14.8. The van der Waals surface area contributed by atoms with Crippen LogP contribution in [0.5, 0.6) is 0 Å². The molecule has 3 N–H and O–H groups in total. The van der Waals surface area contributed by atoms with Crippen LogP contribution in [0, 0.1) is 6.92 Å². The lowest BCUT2D eigenvalue weighted by molar-refractivity contribution is 0.0760. The Morgan fingerprint density at radius 3 is 2.85 bits per heavy atom. The molecule has 4 nitrogen and oxygen atoms in total. The predicted octanol–water partition coefficient (Wildman–Crippen LogP) is 2.64. The monoisotopic (exact) mass is 292 g/mol. The van der Waals surface area contributed by atoms with Crippen molar-refractivity contribution in [1.29, 1.82) is 0 Å². The largest absolute Gasteiger partial charge is 0.397 e. The van der Waals surface area contributed by atoms with Crippen LogP contribution >= 0.6 is 11.3 Å². The highest BCUT2D eigenvalue weighted by Gasteiger charge is 2.20. The van der Waals surface area contributed by atoms with E-state index in [0.717, 1.165) is 15.6 Å². The van der Waals surface area contributed by atoms with Crippen LogP contribution in [0.2, 0.25) is 0 Å². The molecule has 0 bridgehead atoms. The normalized spacial score (nSPS) is 10.9. The maximum absolute atomic E-state index is 12.5. The minimum Gasteiger partial charge on any atom is -0.397 e. The van der Waals surface area contributed by atoms with E-state index in [0.29, 0.717) is 30.1 Å². The number of aliphatic hydroxyl groups is 1. The molecule has 0 atom stereocenters. The van der Waals surface area contributed by atoms with Gasteiger partial charge in [-0.15, -0.1) is 11.3 Å². The number of anilines is 1. The smallest absolute Gasteiger partial charge is 0.266 e. The van der Waals surface area contributed by atoms with Crippen molar-refractivity contribution in [3.8, 4) is 0 Å². The van der Waals surface area contributed by atoms with E-state index in [1.165, 1.54) is 11.3 Å². The van der Waals surface area contributed by atoms with E-state index in [-0.39, 0.29) is 12.5 Å². The minimum atomic E-state index is -0.0442. The minimum absolute atomic E-state index is 0.0442. The Morgan fingerprint density at radius 1 is 1.45 bits per heavy atom. The molecular weight excluding hydrogens is 272 g/mol. The molecule has 20 heavy (non-hydrogen) atoms. The molecule has 5 heteroatoms. The van der Waals surface area contributed by atoms with Crippen molar-refractivity contribution in [2.75, 3.05) is 25.4 Å². The number of hydrogen-bond donors (Lipinski definition) is 2. The van der Waals surface area contributed by atoms with Gasteiger partial charge in [0.05, 0.1) is 5.69 Å². The van der Waals surface area contributed by atoms with Gasteiger partial charge in [0, 0.05) is 29.8 Å². The third-order valence-electron chi connectivity index (χ3n) is 3.33. The number of fused-ring (bicyclic) bond motifs is 1. The topological polar surface area (TPSA) is 66.6 Å². The van der Waals surface area contributed by atoms with Gasteiger partial charge in [-0.1, -0.05) is 12.1 Å². The number of rotatable bonds is 5. The van der Waals surface area contributed by atoms with Gasteiger partial charge in [0.15, 0.2) is 0 Å². The van der Waals surface area contributed by atoms with Crippen molar-refractivity contribution >= 4 is 33.0 Å². The summed E-state index contributed by atoms with van der Waals surface area (Å²) in [7, 11) is 0. The molecule has 0 saturated carbocycles. The van der Waals surface area contributed by atoms with Crippen molar-refractivity contribution in [3.63, 3.8) is 0 Å². The van der Waals surface area contributed by atoms with Gasteiger partial charge in [-0.2, -0.15) is 0 Å². The highest BCUT2D eigenvalue weighted by atomic mass is 32.1. The summed E-state index contributed by atoms with van der Waals surface area (Å²) >= 11 is 1.44. The fourth-order valence-electron chi connectivity index (χ4n) is 2.19. The summed E-state index contributed by atoms with van der Waals surface area (Å²) in [6.07, 6.45) is 0.587. The summed E-state index contributed by atoms with van der Waals surface area (Å²) in [5.74, 6) is -0.0442. The Hall–Kier alpha value is -1.59. The van der Waals surface area contributed by atoms with Crippen LogP contribution in [0.15, 0.2) is 18.2 Å². The molecule has 0 radical (unpaired) electrons. The van der Waals surface area contributed by atoms with Crippen LogP contribution in [0.25, 0.3) is 10.1 Å². The van der Waals surface area contributed by atoms with Gasteiger partial charge in [-0.05, 0) is 31.9 Å². The zero-order chi connectivity index (χ0) is 14.7. The van der Waals surface area contributed by atoms with Crippen LogP contribution in [-0.2, 0) is 0 Å². The van der Waals surface area contributed by atoms with Crippen molar-refractivity contribution in [2.45, 2.75) is 20.3 Å². The van der Waals surface area contributed by atoms with Gasteiger partial charge in [-0.3, -0.25) is 4.79 Å². The zero-order valence-corrected chi connectivity index (χ0v) is 12.7. The van der Waals surface area contributed by atoms with E-state index in [1.54, 1.807) is 4.90 Å². The van der Waals surface area contributed by atoms with Crippen LogP contribution in [0.1, 0.15) is 28.6 Å². The van der Waals surface area contributed by atoms with Gasteiger partial charge >= 0.3 is 0 Å². The lowest BCUT2D eigenvalue weighted by Crippen LogP contribution is -2.32. The molecule has 0 aliphatic rings. The van der Waals surface area contributed by atoms with E-state index < -0.39 is 0 Å². The summed E-state index contributed by atoms with van der Waals surface area (Å²) in [5, 5.41) is 9.85. The van der Waals surface area contributed by atoms with Gasteiger partial charge in [-0.25, -0.2) is 0 Å². The van der Waals surface area contributed by atoms with E-state index in [2.05, 4.69) is 6.07 Å². The van der Waals surface area contributed by atoms with E-state index in [4.69, 9.17) is 10.8 Å². The molecule has 0 aliphatic heterocycles. The standard InChI is InChI=1S/C15H20N2O2S/c1-3-17(7-4-8-18)15(19)14-13(16)11-6-5-10(2)9-12(11)20-14/h5-6,9,18H,3-4,7-8,16H2,1-2H3. The number of nitrogens with zero attached hydrogens (tertiary/aromatic N) is 1. The number of benzene rings is 1. The zero-order valence-electron chi connectivity index (χ0n) is 11.8. The Kier molecular flexibility index (Phi) is 4.62. The summed E-state index contributed by atoms with van der Waals surface area (Å²) in [6, 6.07) is 6.03. The summed E-state index contributed by atoms with van der Waals surface area (Å²) in [6.45, 7) is 5.22. The van der Waals surface area contributed by atoms with Crippen LogP contribution in [0.3, 0.4) is 0 Å². The Balaban J connectivity index is 2.36. The number of carbonyl (C=O) groups excluding carboxylic acids is 1. The predicted molar refractivity (Wildman–Crippen MR) is 84.3 cm³/mol. The fourth-order valence-corrected chi connectivity index (χ4v) is 3.38. The van der Waals surface area contributed by atoms with Crippen molar-refractivity contribution in [2.24, 2.45) is 0 Å². The molecule has 2 rings (SSSR count). The fraction of sp³-hybridized carbons (Fsp3) is 0.400. The summed E-state index contributed by atoms with van der Waals surface area (Å²) in [5.41, 5.74) is 7.85. The van der Waals surface area contributed by atoms with E-state index in [1.807, 2.05) is 26.0 Å². The second-order valence-corrected chi connectivity index (χ2v) is 5.86. The highest BCUT2D eigenvalue weighted by molar-refractivity contribution is 7.21. The van der Waals surface area contributed by atoms with Crippen LogP contribution in [-0.4, -0.2) is 35.6 Å². The molecule has 1 amide bonds. The molecule has 1 heterocycles. The van der Waals surface area contributed by atoms with Gasteiger partial charge in [0.2, 0.25) is 0 Å². The number of amides is 1. The molecule has 0 aliphatic carbocycles. The van der Waals surface area contributed by atoms with Gasteiger partial charge in [0.1, 0.15) is 4.88 Å². The second-order valence-electron chi connectivity index (χ2n) is 4.81. The van der Waals surface area contributed by atoms with Crippen LogP contribution < -0.4 is 5.73 Å². The molecule has 1 aromatic carbocycles. The molecule has 0 spiro atoms. The third-order valence-corrected chi connectivity index (χ3v) is 4.49. The number of aryl methyl sites for hydroxylation is 1. The maximum atomic E-state index is 12.5. The average Bonchev–Trinajstić information content (AvgIpc) is 2.76. The molecule has 108 valence electrons. The Labute approximate surface area is 122 Å². The molecule has 0 unspecified atom stereocenters. The molecule has 0 saturated heterocycles. The Bertz CT molecular complexity index is 622. The lowest BCUT2D eigenvalue weighted by atomic mass is 10.1. The first-order chi connectivity index (χ1) is 9.58. The third kappa shape index (κ3) is 2.78. The lowest BCUT2D eigenvalue weighted by Gasteiger charge is -2.19. The number of thiophene rings is 1. The van der Waals surface area contributed by atoms with Crippen molar-refractivity contribution in [1.82, 2.24) is 4.90 Å². The first-order valence-electron chi connectivity index (χ1n) is 6.77. The summed E-state index contributed by atoms with van der Waals surface area (Å²) < 4.78 is 1.05. The van der Waals surface area contributed by atoms with E-state index >= 15 is 0 Å². The molecule has 2 aromatic rings. The van der Waals surface area contributed by atoms with Gasteiger partial charge in [0.25, 0.3) is 5.91 Å². The number of aliphatic hydroxyl groups excluding tert-OH is 1. The quantitative estimate of drug-likeness (QED) is 0.890. The number of nitrogens with two attached hydrogens (primary N) is 1. The average molecular weight is 292 g/mol.